The molecule has 0 spiro atoms. The Morgan fingerprint density at radius 2 is 2.03 bits per heavy atom. The number of para-hydroxylation sites is 1. The van der Waals surface area contributed by atoms with Crippen LogP contribution in [0.2, 0.25) is 0 Å². The number of thioether (sulfide) groups is 1. The lowest BCUT2D eigenvalue weighted by atomic mass is 9.95. The molecular weight excluding hydrogens is 511 g/mol. The molecule has 2 saturated heterocycles. The molecule has 1 aromatic carbocycles. The molecule has 2 aliphatic rings. The van der Waals surface area contributed by atoms with E-state index in [2.05, 4.69) is 47.2 Å². The number of hydrogen-bond donors (Lipinski definition) is 2. The highest BCUT2D eigenvalue weighted by Crippen LogP contribution is 2.33. The Hall–Kier alpha value is -0.970. The summed E-state index contributed by atoms with van der Waals surface area (Å²) in [4.78, 5) is 7.45. The number of aliphatic imine (C=N–C) groups is 1. The van der Waals surface area contributed by atoms with Crippen molar-refractivity contribution < 1.29 is 9.15 Å². The predicted octanol–water partition coefficient (Wildman–Crippen LogP) is 3.62. The summed E-state index contributed by atoms with van der Waals surface area (Å²) in [5.74, 6) is 4.19. The fourth-order valence-electron chi connectivity index (χ4n) is 4.25. The van der Waals surface area contributed by atoms with Gasteiger partial charge in [-0.3, -0.25) is 4.90 Å². The second-order valence-electron chi connectivity index (χ2n) is 7.82. The normalized spacial score (nSPS) is 22.8. The molecule has 8 heteroatoms. The second-order valence-corrected chi connectivity index (χ2v) is 8.93. The van der Waals surface area contributed by atoms with E-state index in [1.165, 1.54) is 28.9 Å². The van der Waals surface area contributed by atoms with Crippen molar-refractivity contribution in [3.8, 4) is 0 Å². The number of benzene rings is 1. The number of morpholine rings is 1. The van der Waals surface area contributed by atoms with Crippen LogP contribution in [0.5, 0.6) is 0 Å². The number of aryl methyl sites for hydroxylation is 1. The minimum atomic E-state index is 0. The minimum Gasteiger partial charge on any atom is -0.459 e. The van der Waals surface area contributed by atoms with E-state index in [1.807, 2.05) is 18.2 Å². The zero-order valence-electron chi connectivity index (χ0n) is 17.9. The molecular formula is C22H33IN4O2S. The van der Waals surface area contributed by atoms with Gasteiger partial charge in [0.25, 0.3) is 0 Å². The van der Waals surface area contributed by atoms with Crippen molar-refractivity contribution in [3.05, 3.63) is 35.6 Å². The molecule has 2 aliphatic heterocycles. The summed E-state index contributed by atoms with van der Waals surface area (Å²) in [6, 6.07) is 8.18. The Morgan fingerprint density at radius 3 is 2.73 bits per heavy atom. The van der Waals surface area contributed by atoms with E-state index in [4.69, 9.17) is 14.1 Å². The molecule has 30 heavy (non-hydrogen) atoms. The number of rotatable bonds is 6. The van der Waals surface area contributed by atoms with Gasteiger partial charge in [-0.1, -0.05) is 18.2 Å². The maximum atomic E-state index is 6.03. The number of nitrogens with zero attached hydrogens (tertiary/aromatic N) is 2. The summed E-state index contributed by atoms with van der Waals surface area (Å²) in [5.41, 5.74) is 2.31. The number of ether oxygens (including phenoxy) is 1. The smallest absolute Gasteiger partial charge is 0.191 e. The van der Waals surface area contributed by atoms with E-state index in [9.17, 15) is 0 Å². The highest BCUT2D eigenvalue weighted by molar-refractivity contribution is 14.0. The molecule has 0 radical (unpaired) electrons. The third kappa shape index (κ3) is 5.26. The Morgan fingerprint density at radius 1 is 1.23 bits per heavy atom. The summed E-state index contributed by atoms with van der Waals surface area (Å²) < 4.78 is 11.6. The lowest BCUT2D eigenvalue weighted by Gasteiger charge is -2.43. The first-order valence-electron chi connectivity index (χ1n) is 10.6. The molecule has 1 unspecified atom stereocenters. The highest BCUT2D eigenvalue weighted by Gasteiger charge is 2.40. The molecule has 3 heterocycles. The van der Waals surface area contributed by atoms with Crippen molar-refractivity contribution >= 4 is 52.7 Å². The third-order valence-electron chi connectivity index (χ3n) is 6.02. The molecule has 1 atom stereocenters. The largest absolute Gasteiger partial charge is 0.459 e. The highest BCUT2D eigenvalue weighted by atomic mass is 127. The number of fused-ring (bicyclic) bond motifs is 1. The first kappa shape index (κ1) is 23.7. The van der Waals surface area contributed by atoms with Gasteiger partial charge in [-0.05, 0) is 32.1 Å². The number of furan rings is 1. The van der Waals surface area contributed by atoms with Crippen LogP contribution in [0.1, 0.15) is 24.7 Å². The molecule has 0 aliphatic carbocycles. The van der Waals surface area contributed by atoms with Crippen LogP contribution >= 0.6 is 35.7 Å². The van der Waals surface area contributed by atoms with Crippen molar-refractivity contribution in [3.63, 3.8) is 0 Å². The van der Waals surface area contributed by atoms with Gasteiger partial charge in [0, 0.05) is 48.4 Å². The number of halogens is 1. The van der Waals surface area contributed by atoms with Gasteiger partial charge >= 0.3 is 0 Å². The van der Waals surface area contributed by atoms with Gasteiger partial charge in [-0.25, -0.2) is 4.99 Å². The Kier molecular flexibility index (Phi) is 8.73. The van der Waals surface area contributed by atoms with E-state index in [1.54, 1.807) is 0 Å². The van der Waals surface area contributed by atoms with Gasteiger partial charge in [-0.15, -0.1) is 24.0 Å². The summed E-state index contributed by atoms with van der Waals surface area (Å²) in [6.45, 7) is 10.2. The fraction of sp³-hybridized carbons (Fsp3) is 0.591. The van der Waals surface area contributed by atoms with Crippen molar-refractivity contribution in [2.75, 3.05) is 50.9 Å². The molecule has 0 saturated carbocycles. The average Bonchev–Trinajstić information content (AvgIpc) is 3.37. The van der Waals surface area contributed by atoms with Crippen LogP contribution in [-0.4, -0.2) is 67.3 Å². The van der Waals surface area contributed by atoms with Crippen molar-refractivity contribution in [1.29, 1.82) is 0 Å². The van der Waals surface area contributed by atoms with E-state index < -0.39 is 0 Å². The van der Waals surface area contributed by atoms with Crippen molar-refractivity contribution in [1.82, 2.24) is 15.5 Å². The van der Waals surface area contributed by atoms with Gasteiger partial charge in [0.15, 0.2) is 5.96 Å². The van der Waals surface area contributed by atoms with Crippen LogP contribution in [0.25, 0.3) is 11.0 Å². The average molecular weight is 545 g/mol. The van der Waals surface area contributed by atoms with E-state index >= 15 is 0 Å². The van der Waals surface area contributed by atoms with Gasteiger partial charge in [0.2, 0.25) is 0 Å². The van der Waals surface area contributed by atoms with Gasteiger partial charge < -0.3 is 19.8 Å². The maximum absolute atomic E-state index is 6.03. The Bertz CT molecular complexity index is 845. The molecule has 0 amide bonds. The Labute approximate surface area is 200 Å². The monoisotopic (exact) mass is 544 g/mol. The minimum absolute atomic E-state index is 0. The van der Waals surface area contributed by atoms with Crippen LogP contribution in [-0.2, 0) is 11.3 Å². The molecule has 2 aromatic rings. The van der Waals surface area contributed by atoms with Crippen LogP contribution in [0.3, 0.4) is 0 Å². The fourth-order valence-corrected chi connectivity index (χ4v) is 5.73. The number of hydrogen-bond acceptors (Lipinski definition) is 5. The van der Waals surface area contributed by atoms with Crippen LogP contribution in [0, 0.1) is 6.92 Å². The van der Waals surface area contributed by atoms with Crippen LogP contribution < -0.4 is 10.6 Å². The standard InChI is InChI=1S/C22H32N4O2S.HI/c1-3-23-21(24-14-20-17(2)18-6-4-5-7-19(18)28-20)25-15-22(8-13-29-16-22)26-9-11-27-12-10-26;/h4-7H,3,8-16H2,1-2H3,(H2,23,24,25);1H. The molecule has 4 rings (SSSR count). The van der Waals surface area contributed by atoms with Crippen molar-refractivity contribution in [2.24, 2.45) is 4.99 Å². The SMILES string of the molecule is CCNC(=NCc1oc2ccccc2c1C)NCC1(N2CCOCC2)CCSC1.I. The predicted molar refractivity (Wildman–Crippen MR) is 136 cm³/mol. The third-order valence-corrected chi connectivity index (χ3v) is 7.25. The van der Waals surface area contributed by atoms with E-state index in [0.29, 0.717) is 6.54 Å². The summed E-state index contributed by atoms with van der Waals surface area (Å²) in [5, 5.41) is 8.19. The zero-order valence-corrected chi connectivity index (χ0v) is 21.1. The molecule has 6 nitrogen and oxygen atoms in total. The molecule has 2 fully saturated rings. The first-order valence-corrected chi connectivity index (χ1v) is 11.8. The number of nitrogens with one attached hydrogen (secondary N) is 2. The molecule has 1 aromatic heterocycles. The van der Waals surface area contributed by atoms with Crippen LogP contribution in [0.15, 0.2) is 33.7 Å². The molecule has 166 valence electrons. The number of guanidine groups is 1. The van der Waals surface area contributed by atoms with Gasteiger partial charge in [-0.2, -0.15) is 11.8 Å². The summed E-state index contributed by atoms with van der Waals surface area (Å²) >= 11 is 2.06. The lowest BCUT2D eigenvalue weighted by molar-refractivity contribution is -0.0120. The summed E-state index contributed by atoms with van der Waals surface area (Å²) in [7, 11) is 0. The molecule has 2 N–H and O–H groups in total. The molecule has 0 bridgehead atoms. The second kappa shape index (κ2) is 11.1. The van der Waals surface area contributed by atoms with Crippen molar-refractivity contribution in [2.45, 2.75) is 32.4 Å². The van der Waals surface area contributed by atoms with Gasteiger partial charge in [0.1, 0.15) is 17.9 Å². The Balaban J connectivity index is 0.00000256. The zero-order chi connectivity index (χ0) is 20.1. The van der Waals surface area contributed by atoms with E-state index in [0.717, 1.165) is 56.7 Å². The topological polar surface area (TPSA) is 62.0 Å². The van der Waals surface area contributed by atoms with Crippen LogP contribution in [0.4, 0.5) is 0 Å². The maximum Gasteiger partial charge on any atom is 0.191 e. The van der Waals surface area contributed by atoms with Gasteiger partial charge in [0.05, 0.1) is 13.2 Å². The summed E-state index contributed by atoms with van der Waals surface area (Å²) in [6.07, 6.45) is 1.22. The first-order chi connectivity index (χ1) is 14.2. The van der Waals surface area contributed by atoms with E-state index in [-0.39, 0.29) is 29.5 Å². The quantitative estimate of drug-likeness (QED) is 0.329. The lowest BCUT2D eigenvalue weighted by Crippen LogP contribution is -2.60.